The van der Waals surface area contributed by atoms with Crippen molar-refractivity contribution in [2.24, 2.45) is 5.92 Å². The second kappa shape index (κ2) is 14.0. The number of hydrogen-bond acceptors (Lipinski definition) is 8. The van der Waals surface area contributed by atoms with E-state index in [1.54, 1.807) is 6.20 Å². The molecule has 1 aromatic heterocycles. The van der Waals surface area contributed by atoms with Gasteiger partial charge < -0.3 is 28.8 Å². The molecule has 0 saturated carbocycles. The smallest absolute Gasteiger partial charge is 0.308 e. The van der Waals surface area contributed by atoms with Crippen LogP contribution in [-0.2, 0) is 16.0 Å². The largest absolute Gasteiger partial charge is 0.481 e. The summed E-state index contributed by atoms with van der Waals surface area (Å²) in [5.41, 5.74) is 0.884. The Kier molecular flexibility index (Phi) is 10.4. The monoisotopic (exact) mass is 556 g/mol. The fourth-order valence-corrected chi connectivity index (χ4v) is 5.84. The molecule has 1 fully saturated rings. The molecular weight excluding hydrogens is 512 g/mol. The Morgan fingerprint density at radius 1 is 1.10 bits per heavy atom. The van der Waals surface area contributed by atoms with E-state index in [9.17, 15) is 14.7 Å². The van der Waals surface area contributed by atoms with E-state index < -0.39 is 11.9 Å². The van der Waals surface area contributed by atoms with Crippen molar-refractivity contribution in [1.29, 1.82) is 0 Å². The number of unbranched alkanes of at least 4 members (excludes halogenated alkanes) is 2. The summed E-state index contributed by atoms with van der Waals surface area (Å²) < 4.78 is 16.7. The van der Waals surface area contributed by atoms with Gasteiger partial charge in [-0.25, -0.2) is 4.98 Å². The van der Waals surface area contributed by atoms with Crippen molar-refractivity contribution >= 4 is 11.9 Å². The minimum atomic E-state index is -0.863. The number of carbonyl (C=O) groups is 2. The first-order chi connectivity index (χ1) is 19.3. The molecule has 0 bridgehead atoms. The van der Waals surface area contributed by atoms with Crippen molar-refractivity contribution < 1.29 is 28.6 Å². The highest BCUT2D eigenvalue weighted by Crippen LogP contribution is 2.43. The molecule has 3 unspecified atom stereocenters. The third-order valence-electron chi connectivity index (χ3n) is 7.94. The lowest BCUT2D eigenvalue weighted by Crippen LogP contribution is -2.45. The number of aromatic nitrogens is 1. The predicted molar refractivity (Wildman–Crippen MR) is 151 cm³/mol. The van der Waals surface area contributed by atoms with Gasteiger partial charge >= 0.3 is 5.97 Å². The standard InChI is InChI=1S/C30H44N4O6/c1-5-6-14-33(15-8-7-13-32(3)4)28(35)19-34-18-23(22-9-11-25-26(16-22)39-20-38-25)29(30(36)37)24(34)10-12-27-31-17-21(2)40-27/h9,11,16-17,23-24,29H,5-8,10,12-15,18-20H2,1-4H3,(H,36,37). The molecule has 0 spiro atoms. The normalized spacial score (nSPS) is 20.4. The molecule has 0 aliphatic carbocycles. The third kappa shape index (κ3) is 7.54. The first-order valence-electron chi connectivity index (χ1n) is 14.5. The van der Waals surface area contributed by atoms with Gasteiger partial charge in [0, 0.05) is 38.0 Å². The number of ether oxygens (including phenoxy) is 2. The molecule has 1 saturated heterocycles. The summed E-state index contributed by atoms with van der Waals surface area (Å²) in [4.78, 5) is 37.0. The van der Waals surface area contributed by atoms with Crippen molar-refractivity contribution in [2.45, 2.75) is 64.3 Å². The summed E-state index contributed by atoms with van der Waals surface area (Å²) in [6.07, 6.45) is 6.64. The van der Waals surface area contributed by atoms with E-state index in [1.807, 2.05) is 30.0 Å². The highest BCUT2D eigenvalue weighted by Gasteiger charge is 2.47. The van der Waals surface area contributed by atoms with Crippen LogP contribution in [0.1, 0.15) is 62.2 Å². The van der Waals surface area contributed by atoms with E-state index in [1.165, 1.54) is 0 Å². The Hall–Kier alpha value is -3.11. The molecule has 1 aromatic carbocycles. The zero-order chi connectivity index (χ0) is 28.6. The lowest BCUT2D eigenvalue weighted by Gasteiger charge is -2.29. The molecule has 4 rings (SSSR count). The summed E-state index contributed by atoms with van der Waals surface area (Å²) >= 11 is 0. The lowest BCUT2D eigenvalue weighted by atomic mass is 9.83. The van der Waals surface area contributed by atoms with Crippen LogP contribution in [0.4, 0.5) is 0 Å². The van der Waals surface area contributed by atoms with Crippen LogP contribution in [0.5, 0.6) is 11.5 Å². The van der Waals surface area contributed by atoms with Crippen LogP contribution < -0.4 is 9.47 Å². The van der Waals surface area contributed by atoms with Crippen LogP contribution in [0.2, 0.25) is 0 Å². The molecule has 10 heteroatoms. The summed E-state index contributed by atoms with van der Waals surface area (Å²) in [5.74, 6) is 0.827. The number of carbonyl (C=O) groups excluding carboxylic acids is 1. The lowest BCUT2D eigenvalue weighted by molar-refractivity contribution is -0.143. The molecule has 2 aliphatic rings. The molecule has 2 aliphatic heterocycles. The minimum absolute atomic E-state index is 0.0609. The van der Waals surface area contributed by atoms with Gasteiger partial charge in [0.15, 0.2) is 17.4 Å². The molecule has 2 aromatic rings. The molecule has 10 nitrogen and oxygen atoms in total. The van der Waals surface area contributed by atoms with Crippen molar-refractivity contribution in [3.63, 3.8) is 0 Å². The zero-order valence-corrected chi connectivity index (χ0v) is 24.3. The van der Waals surface area contributed by atoms with Crippen LogP contribution in [0.3, 0.4) is 0 Å². The number of rotatable bonds is 15. The Labute approximate surface area is 237 Å². The van der Waals surface area contributed by atoms with Crippen molar-refractivity contribution in [2.75, 3.05) is 53.6 Å². The summed E-state index contributed by atoms with van der Waals surface area (Å²) in [7, 11) is 4.12. The number of hydrogen-bond donors (Lipinski definition) is 1. The van der Waals surface area contributed by atoms with E-state index >= 15 is 0 Å². The van der Waals surface area contributed by atoms with Crippen LogP contribution in [0.15, 0.2) is 28.8 Å². The first-order valence-corrected chi connectivity index (χ1v) is 14.5. The number of likely N-dealkylation sites (tertiary alicyclic amines) is 1. The van der Waals surface area contributed by atoms with Gasteiger partial charge in [0.2, 0.25) is 12.7 Å². The van der Waals surface area contributed by atoms with E-state index in [0.717, 1.165) is 50.1 Å². The summed E-state index contributed by atoms with van der Waals surface area (Å²) in [5, 5.41) is 10.5. The maximum absolute atomic E-state index is 13.7. The fourth-order valence-electron chi connectivity index (χ4n) is 5.84. The summed E-state index contributed by atoms with van der Waals surface area (Å²) in [6, 6.07) is 5.31. The van der Waals surface area contributed by atoms with E-state index in [2.05, 4.69) is 35.8 Å². The van der Waals surface area contributed by atoms with Gasteiger partial charge in [-0.15, -0.1) is 0 Å². The molecule has 40 heavy (non-hydrogen) atoms. The van der Waals surface area contributed by atoms with Gasteiger partial charge in [0.1, 0.15) is 5.76 Å². The number of amides is 1. The Morgan fingerprint density at radius 3 is 2.55 bits per heavy atom. The topological polar surface area (TPSA) is 109 Å². The number of oxazole rings is 1. The molecule has 0 radical (unpaired) electrons. The van der Waals surface area contributed by atoms with Crippen LogP contribution in [0, 0.1) is 12.8 Å². The molecule has 1 N–H and O–H groups in total. The molecule has 220 valence electrons. The number of benzene rings is 1. The van der Waals surface area contributed by atoms with Gasteiger partial charge in [0.25, 0.3) is 0 Å². The Morgan fingerprint density at radius 2 is 1.85 bits per heavy atom. The molecular formula is C30H44N4O6. The number of carboxylic acid groups (broad SMARTS) is 1. The number of aliphatic carboxylic acids is 1. The van der Waals surface area contributed by atoms with Gasteiger partial charge in [0.05, 0.1) is 18.7 Å². The Balaban J connectivity index is 1.54. The number of fused-ring (bicyclic) bond motifs is 1. The number of aryl methyl sites for hydroxylation is 2. The minimum Gasteiger partial charge on any atom is -0.481 e. The second-order valence-corrected chi connectivity index (χ2v) is 11.2. The van der Waals surface area contributed by atoms with Crippen LogP contribution in [0.25, 0.3) is 0 Å². The first kappa shape index (κ1) is 29.9. The van der Waals surface area contributed by atoms with Crippen molar-refractivity contribution in [3.05, 3.63) is 41.6 Å². The summed E-state index contributed by atoms with van der Waals surface area (Å²) in [6.45, 7) is 7.22. The molecule has 1 amide bonds. The van der Waals surface area contributed by atoms with E-state index in [-0.39, 0.29) is 31.2 Å². The zero-order valence-electron chi connectivity index (χ0n) is 24.3. The maximum Gasteiger partial charge on any atom is 0.308 e. The van der Waals surface area contributed by atoms with Crippen molar-refractivity contribution in [1.82, 2.24) is 19.7 Å². The van der Waals surface area contributed by atoms with Gasteiger partial charge in [-0.1, -0.05) is 19.4 Å². The van der Waals surface area contributed by atoms with Crippen molar-refractivity contribution in [3.8, 4) is 11.5 Å². The Bertz CT molecular complexity index is 1140. The second-order valence-electron chi connectivity index (χ2n) is 11.2. The van der Waals surface area contributed by atoms with Crippen LogP contribution in [-0.4, -0.2) is 96.3 Å². The van der Waals surface area contributed by atoms with E-state index in [4.69, 9.17) is 13.9 Å². The van der Waals surface area contributed by atoms with Gasteiger partial charge in [-0.05, 0) is 70.9 Å². The van der Waals surface area contributed by atoms with Gasteiger partial charge in [-0.3, -0.25) is 14.5 Å². The number of nitrogens with zero attached hydrogens (tertiary/aromatic N) is 4. The highest BCUT2D eigenvalue weighted by atomic mass is 16.7. The molecule has 3 atom stereocenters. The average Bonchev–Trinajstić information content (AvgIpc) is 3.64. The fraction of sp³-hybridized carbons (Fsp3) is 0.633. The predicted octanol–water partition coefficient (Wildman–Crippen LogP) is 3.78. The number of carboxylic acids is 1. The highest BCUT2D eigenvalue weighted by molar-refractivity contribution is 5.79. The maximum atomic E-state index is 13.7. The van der Waals surface area contributed by atoms with Crippen LogP contribution >= 0.6 is 0 Å². The quantitative estimate of drug-likeness (QED) is 0.328. The SMILES string of the molecule is CCCCN(CCCCN(C)C)C(=O)CN1CC(c2ccc3c(c2)OCO3)C(C(=O)O)C1CCc1ncc(C)o1. The van der Waals surface area contributed by atoms with Gasteiger partial charge in [-0.2, -0.15) is 0 Å². The molecule has 3 heterocycles. The third-order valence-corrected chi connectivity index (χ3v) is 7.94. The van der Waals surface area contributed by atoms with E-state index in [0.29, 0.717) is 43.3 Å². The average molecular weight is 557 g/mol.